The number of phosphoric ester groups is 2. The van der Waals surface area contributed by atoms with Gasteiger partial charge in [-0.05, 0) is 87.5 Å². The van der Waals surface area contributed by atoms with Crippen molar-refractivity contribution >= 4 is 50.7 Å². The maximum atomic E-state index is 13.3. The predicted octanol–water partition coefficient (Wildman–Crippen LogP) is 5.62. The van der Waals surface area contributed by atoms with Crippen LogP contribution in [0.25, 0.3) is 0 Å². The molecule has 4 aliphatic rings. The van der Waals surface area contributed by atoms with E-state index in [9.17, 15) is 68.1 Å². The van der Waals surface area contributed by atoms with E-state index >= 15 is 0 Å². The van der Waals surface area contributed by atoms with Gasteiger partial charge in [0.05, 0.1) is 13.2 Å². The Kier molecular flexibility index (Phi) is 21.2. The van der Waals surface area contributed by atoms with E-state index in [1.807, 2.05) is 140 Å². The third kappa shape index (κ3) is 16.7. The van der Waals surface area contributed by atoms with Crippen LogP contribution >= 0.6 is 15.6 Å². The molecule has 0 bridgehead atoms. The number of aliphatic hydroxyl groups is 4. The van der Waals surface area contributed by atoms with Crippen molar-refractivity contribution in [2.75, 3.05) is 13.2 Å². The van der Waals surface area contributed by atoms with Crippen LogP contribution in [0.15, 0.2) is 130 Å². The van der Waals surface area contributed by atoms with Crippen LogP contribution in [0.3, 0.4) is 0 Å². The van der Waals surface area contributed by atoms with Crippen LogP contribution < -0.4 is 0 Å². The van der Waals surface area contributed by atoms with Crippen molar-refractivity contribution in [1.29, 1.82) is 0 Å². The monoisotopic (exact) mass is 1070 g/mol. The zero-order chi connectivity index (χ0) is 55.7. The van der Waals surface area contributed by atoms with Gasteiger partial charge >= 0.3 is 27.6 Å². The Hall–Kier alpha value is -5.18. The van der Waals surface area contributed by atoms with Gasteiger partial charge in [0.2, 0.25) is 0 Å². The molecule has 0 aromatic rings. The second kappa shape index (κ2) is 25.6. The molecule has 2 aliphatic heterocycles. The highest BCUT2D eigenvalue weighted by atomic mass is 31.2. The molecule has 20 nitrogen and oxygen atoms in total. The minimum Gasteiger partial charge on any atom is -0.450 e. The van der Waals surface area contributed by atoms with Gasteiger partial charge in [-0.3, -0.25) is 37.3 Å². The Labute approximate surface area is 429 Å². The summed E-state index contributed by atoms with van der Waals surface area (Å²) in [4.78, 5) is 93.0. The molecule has 6 N–H and O–H groups in total. The number of carbonyl (C=O) groups is 6. The number of carbonyl (C=O) groups excluding carboxylic acids is 6. The average molecular weight is 1070 g/mol. The lowest BCUT2D eigenvalue weighted by Gasteiger charge is -2.37. The van der Waals surface area contributed by atoms with Crippen molar-refractivity contribution in [2.45, 2.75) is 131 Å². The third-order valence-corrected chi connectivity index (χ3v) is 14.4. The number of ketones is 4. The summed E-state index contributed by atoms with van der Waals surface area (Å²) in [5.41, 5.74) is 4.40. The molecule has 2 aliphatic carbocycles. The standard InChI is InChI=1S/C52H66O20P2/c1-29(17-13-19-31(3)21-23-35-33(5)41(55)39(25-51(35,7)8)71-73(63,64)67-27-37(53)47-43(57)45(59)49(61)69-47)15-11-12-16-30(2)18-14-20-32(4)22-24-36-34(6)42(56)40(26-52(36,9)10)72-74(65,66)68-28-38(54)48-44(58)46(60)50(62)70-48/h11-24,37-40,43-44,47-48,53-54,57-58H,25-28H2,1-10H3,(H,63,64)(H,65,66)/t37-,38-,39?,40?,43?,44?,47+,48+/m0/s1. The molecule has 0 aromatic heterocycles. The molecule has 404 valence electrons. The van der Waals surface area contributed by atoms with Crippen LogP contribution in [-0.2, 0) is 65.5 Å². The molecule has 0 radical (unpaired) electrons. The summed E-state index contributed by atoms with van der Waals surface area (Å²) in [7, 11) is -9.88. The van der Waals surface area contributed by atoms with Crippen molar-refractivity contribution in [1.82, 2.24) is 0 Å². The number of Topliss-reactive ketones (excluding diaryl/α,β-unsaturated/α-hetero) is 4. The van der Waals surface area contributed by atoms with Gasteiger partial charge in [0.1, 0.15) is 24.4 Å². The molecule has 4 rings (SSSR count). The molecular weight excluding hydrogens is 1010 g/mol. The van der Waals surface area contributed by atoms with Gasteiger partial charge in [-0.2, -0.15) is 0 Å². The third-order valence-electron chi connectivity index (χ3n) is 12.4. The second-order valence-electron chi connectivity index (χ2n) is 19.6. The Balaban J connectivity index is 1.26. The molecule has 2 saturated heterocycles. The Morgan fingerprint density at radius 1 is 0.568 bits per heavy atom. The van der Waals surface area contributed by atoms with Crippen LogP contribution in [0.5, 0.6) is 0 Å². The fourth-order valence-electron chi connectivity index (χ4n) is 8.26. The summed E-state index contributed by atoms with van der Waals surface area (Å²) >= 11 is 0. The lowest BCUT2D eigenvalue weighted by Crippen LogP contribution is -2.40. The fourth-order valence-corrected chi connectivity index (χ4v) is 10.0. The first kappa shape index (κ1) is 61.4. The van der Waals surface area contributed by atoms with Crippen molar-refractivity contribution in [3.05, 3.63) is 130 Å². The first-order valence-corrected chi connectivity index (χ1v) is 26.4. The molecule has 22 heteroatoms. The molecule has 0 amide bonds. The number of hydrogen-bond donors (Lipinski definition) is 6. The topological polar surface area (TPSA) is 313 Å². The highest BCUT2D eigenvalue weighted by molar-refractivity contribution is 7.47. The number of hydrogen-bond acceptors (Lipinski definition) is 18. The second-order valence-corrected chi connectivity index (χ2v) is 22.4. The largest absolute Gasteiger partial charge is 0.472 e. The number of cyclic esters (lactones) is 2. The average Bonchev–Trinajstić information content (AvgIpc) is 3.72. The minimum absolute atomic E-state index is 0.0267. The lowest BCUT2D eigenvalue weighted by atomic mass is 9.71. The van der Waals surface area contributed by atoms with Crippen LogP contribution in [-0.4, -0.2) is 127 Å². The molecule has 10 atom stereocenters. The number of allylic oxidation sites excluding steroid dienone is 20. The van der Waals surface area contributed by atoms with Crippen molar-refractivity contribution in [2.24, 2.45) is 10.8 Å². The smallest absolute Gasteiger partial charge is 0.450 e. The number of aliphatic hydroxyl groups excluding tert-OH is 4. The normalized spacial score (nSPS) is 28.2. The van der Waals surface area contributed by atoms with E-state index in [2.05, 4.69) is 9.47 Å². The Morgan fingerprint density at radius 2 is 0.878 bits per heavy atom. The van der Waals surface area contributed by atoms with Crippen LogP contribution in [0, 0.1) is 10.8 Å². The summed E-state index contributed by atoms with van der Waals surface area (Å²) in [6.07, 6.45) is 12.9. The van der Waals surface area contributed by atoms with E-state index in [4.69, 9.17) is 18.1 Å². The lowest BCUT2D eigenvalue weighted by molar-refractivity contribution is -0.152. The van der Waals surface area contributed by atoms with E-state index < -0.39 is 124 Å². The Bertz CT molecular complexity index is 2510. The molecule has 0 aromatic carbocycles. The molecule has 74 heavy (non-hydrogen) atoms. The van der Waals surface area contributed by atoms with E-state index in [1.165, 1.54) is 0 Å². The van der Waals surface area contributed by atoms with E-state index in [0.29, 0.717) is 22.3 Å². The molecule has 2 fully saturated rings. The van der Waals surface area contributed by atoms with Gasteiger partial charge in [0.15, 0.2) is 36.0 Å². The highest BCUT2D eigenvalue weighted by Crippen LogP contribution is 2.51. The van der Waals surface area contributed by atoms with Crippen LogP contribution in [0.2, 0.25) is 0 Å². The van der Waals surface area contributed by atoms with E-state index in [0.717, 1.165) is 22.3 Å². The zero-order valence-corrected chi connectivity index (χ0v) is 44.6. The van der Waals surface area contributed by atoms with Crippen molar-refractivity contribution < 1.29 is 95.7 Å². The first-order valence-electron chi connectivity index (χ1n) is 23.4. The van der Waals surface area contributed by atoms with Crippen LogP contribution in [0.4, 0.5) is 0 Å². The van der Waals surface area contributed by atoms with Gasteiger partial charge in [-0.25, -0.2) is 18.7 Å². The number of phosphoric acid groups is 2. The van der Waals surface area contributed by atoms with Gasteiger partial charge in [0, 0.05) is 0 Å². The molecular formula is C52H66O20P2. The quantitative estimate of drug-likeness (QED) is 0.0332. The minimum atomic E-state index is -4.94. The maximum absolute atomic E-state index is 13.3. The summed E-state index contributed by atoms with van der Waals surface area (Å²) in [6.45, 7) is 16.4. The van der Waals surface area contributed by atoms with Crippen molar-refractivity contribution in [3.63, 3.8) is 0 Å². The zero-order valence-electron chi connectivity index (χ0n) is 42.8. The summed E-state index contributed by atoms with van der Waals surface area (Å²) < 4.78 is 54.7. The van der Waals surface area contributed by atoms with E-state index in [-0.39, 0.29) is 12.8 Å². The SMILES string of the molecule is CC(C=CC=C(C)C=CC1=C(C)C(=O)C(OP(=O)(O)OC[C@H](O)[C@H]2OC(=O)C(=O)C2O)CC1(C)C)=CC=CC=C(C)C=CC=C(C)C=CC1=C(C)C(=O)C(OP(=O)(O)OC[C@H](O)[C@H]2OC(=O)C(=O)C2O)CC1(C)C. The number of esters is 2. The van der Waals surface area contributed by atoms with Gasteiger partial charge in [-0.15, -0.1) is 0 Å². The first-order chi connectivity index (χ1) is 34.3. The van der Waals surface area contributed by atoms with Gasteiger partial charge in [-0.1, -0.05) is 135 Å². The van der Waals surface area contributed by atoms with Crippen LogP contribution in [0.1, 0.15) is 82.1 Å². The maximum Gasteiger partial charge on any atom is 0.472 e. The van der Waals surface area contributed by atoms with Gasteiger partial charge < -0.3 is 39.7 Å². The number of ether oxygens (including phenoxy) is 2. The molecule has 0 saturated carbocycles. The highest BCUT2D eigenvalue weighted by Gasteiger charge is 2.49. The summed E-state index contributed by atoms with van der Waals surface area (Å²) in [5.74, 6) is -6.31. The summed E-state index contributed by atoms with van der Waals surface area (Å²) in [6, 6.07) is 0. The van der Waals surface area contributed by atoms with E-state index in [1.54, 1.807) is 13.8 Å². The molecule has 6 unspecified atom stereocenters. The molecule has 0 spiro atoms. The Morgan fingerprint density at radius 3 is 1.19 bits per heavy atom. The summed E-state index contributed by atoms with van der Waals surface area (Å²) in [5, 5.41) is 39.9. The predicted molar refractivity (Wildman–Crippen MR) is 268 cm³/mol. The number of rotatable bonds is 22. The van der Waals surface area contributed by atoms with Gasteiger partial charge in [0.25, 0.3) is 11.6 Å². The van der Waals surface area contributed by atoms with Crippen molar-refractivity contribution in [3.8, 4) is 0 Å². The fraction of sp³-hybridized carbons (Fsp3) is 0.462. The molecule has 2 heterocycles.